The highest BCUT2D eigenvalue weighted by atomic mass is 35.5. The van der Waals surface area contributed by atoms with Crippen LogP contribution in [0.2, 0.25) is 5.02 Å². The normalized spacial score (nSPS) is 28.9. The van der Waals surface area contributed by atoms with E-state index >= 15 is 0 Å². The molecule has 2 aromatic rings. The molecule has 11 heteroatoms. The van der Waals surface area contributed by atoms with Gasteiger partial charge in [-0.3, -0.25) is 4.79 Å². The van der Waals surface area contributed by atoms with Crippen molar-refractivity contribution in [2.75, 3.05) is 30.0 Å². The van der Waals surface area contributed by atoms with Gasteiger partial charge >= 0.3 is 6.36 Å². The summed E-state index contributed by atoms with van der Waals surface area (Å²) in [7, 11) is 0. The molecule has 2 heterocycles. The van der Waals surface area contributed by atoms with Gasteiger partial charge in [0.2, 0.25) is 0 Å². The van der Waals surface area contributed by atoms with Gasteiger partial charge < -0.3 is 19.7 Å². The third-order valence-corrected chi connectivity index (χ3v) is 8.82. The van der Waals surface area contributed by atoms with Crippen LogP contribution in [0.5, 0.6) is 5.75 Å². The van der Waals surface area contributed by atoms with Crippen LogP contribution in [0.15, 0.2) is 35.3 Å². The standard InChI is InChI=1S/C27H32ClF3N4O3/c28-25-24(32-12-17-15-37-14-16-11-23(16)17)13-33-35(26(25)36)21-5-3-19(4-6-21)34(18-1-2-18)20-7-9-22(10-8-20)38-27(29,30)31/h7-10,13,16-19,21,23,32H,1-6,11-12,14-15H2/t16-,17-,19-,21-,23-/m0/s1. The lowest BCUT2D eigenvalue weighted by Gasteiger charge is -2.39. The van der Waals surface area contributed by atoms with Gasteiger partial charge in [-0.25, -0.2) is 4.68 Å². The summed E-state index contributed by atoms with van der Waals surface area (Å²) in [5.41, 5.74) is 1.20. The molecule has 1 N–H and O–H groups in total. The highest BCUT2D eigenvalue weighted by Gasteiger charge is 2.46. The Labute approximate surface area is 224 Å². The molecule has 4 fully saturated rings. The summed E-state index contributed by atoms with van der Waals surface area (Å²) in [6.07, 6.45) is 3.59. The van der Waals surface area contributed by atoms with Gasteiger partial charge in [-0.15, -0.1) is 13.2 Å². The van der Waals surface area contributed by atoms with Gasteiger partial charge in [0.05, 0.1) is 24.5 Å². The number of alkyl halides is 3. The molecule has 0 spiro atoms. The van der Waals surface area contributed by atoms with Crippen LogP contribution in [0, 0.1) is 17.8 Å². The largest absolute Gasteiger partial charge is 0.573 e. The number of rotatable bonds is 8. The predicted molar refractivity (Wildman–Crippen MR) is 138 cm³/mol. The fourth-order valence-corrected chi connectivity index (χ4v) is 6.49. The first-order valence-electron chi connectivity index (χ1n) is 13.5. The van der Waals surface area contributed by atoms with E-state index in [0.717, 1.165) is 64.0 Å². The third kappa shape index (κ3) is 5.61. The minimum absolute atomic E-state index is 0.0344. The summed E-state index contributed by atoms with van der Waals surface area (Å²) in [5.74, 6) is 1.61. The molecule has 0 radical (unpaired) electrons. The fourth-order valence-electron chi connectivity index (χ4n) is 6.29. The molecule has 3 saturated carbocycles. The molecule has 6 rings (SSSR count). The average Bonchev–Trinajstić information content (AvgIpc) is 3.81. The van der Waals surface area contributed by atoms with Crippen molar-refractivity contribution >= 4 is 23.0 Å². The number of ether oxygens (including phenoxy) is 2. The first-order valence-corrected chi connectivity index (χ1v) is 13.9. The molecular weight excluding hydrogens is 521 g/mol. The minimum Gasteiger partial charge on any atom is -0.406 e. The van der Waals surface area contributed by atoms with E-state index in [1.807, 2.05) is 0 Å². The molecule has 0 amide bonds. The lowest BCUT2D eigenvalue weighted by molar-refractivity contribution is -0.274. The van der Waals surface area contributed by atoms with Crippen LogP contribution >= 0.6 is 11.6 Å². The number of halogens is 4. The van der Waals surface area contributed by atoms with E-state index in [4.69, 9.17) is 16.3 Å². The van der Waals surface area contributed by atoms with Crippen LogP contribution in [0.1, 0.15) is 51.0 Å². The summed E-state index contributed by atoms with van der Waals surface area (Å²) < 4.78 is 48.8. The van der Waals surface area contributed by atoms with E-state index in [-0.39, 0.29) is 28.4 Å². The molecule has 3 atom stereocenters. The van der Waals surface area contributed by atoms with E-state index in [1.54, 1.807) is 18.3 Å². The zero-order valence-corrected chi connectivity index (χ0v) is 21.8. The molecule has 38 heavy (non-hydrogen) atoms. The predicted octanol–water partition coefficient (Wildman–Crippen LogP) is 5.64. The maximum atomic E-state index is 13.1. The van der Waals surface area contributed by atoms with Crippen LogP contribution in [0.25, 0.3) is 0 Å². The first kappa shape index (κ1) is 25.8. The Bertz CT molecular complexity index is 1200. The zero-order valence-electron chi connectivity index (χ0n) is 21.0. The van der Waals surface area contributed by atoms with Crippen LogP contribution in [0.4, 0.5) is 24.5 Å². The Kier molecular flexibility index (Phi) is 6.97. The first-order chi connectivity index (χ1) is 18.3. The molecule has 4 aliphatic rings. The number of benzene rings is 1. The monoisotopic (exact) mass is 552 g/mol. The highest BCUT2D eigenvalue weighted by molar-refractivity contribution is 6.32. The van der Waals surface area contributed by atoms with Gasteiger partial charge in [0.1, 0.15) is 10.8 Å². The van der Waals surface area contributed by atoms with Crippen molar-refractivity contribution in [2.24, 2.45) is 17.8 Å². The Morgan fingerprint density at radius 1 is 1.08 bits per heavy atom. The van der Waals surface area contributed by atoms with Crippen LogP contribution in [-0.2, 0) is 4.74 Å². The zero-order chi connectivity index (χ0) is 26.4. The van der Waals surface area contributed by atoms with Crippen molar-refractivity contribution in [1.29, 1.82) is 0 Å². The van der Waals surface area contributed by atoms with Gasteiger partial charge in [0.15, 0.2) is 0 Å². The van der Waals surface area contributed by atoms with E-state index in [1.165, 1.54) is 23.2 Å². The Hall–Kier alpha value is -2.46. The van der Waals surface area contributed by atoms with Gasteiger partial charge in [0, 0.05) is 36.8 Å². The molecule has 0 bridgehead atoms. The van der Waals surface area contributed by atoms with Gasteiger partial charge in [0.25, 0.3) is 5.56 Å². The average molecular weight is 553 g/mol. The van der Waals surface area contributed by atoms with Crippen molar-refractivity contribution < 1.29 is 22.6 Å². The second-order valence-corrected chi connectivity index (χ2v) is 11.5. The summed E-state index contributed by atoms with van der Waals surface area (Å²) in [6.45, 7) is 2.32. The molecule has 3 aliphatic carbocycles. The van der Waals surface area contributed by atoms with E-state index in [0.29, 0.717) is 29.5 Å². The number of fused-ring (bicyclic) bond motifs is 1. The summed E-state index contributed by atoms with van der Waals surface area (Å²) >= 11 is 6.49. The number of hydrogen-bond donors (Lipinski definition) is 1. The summed E-state index contributed by atoms with van der Waals surface area (Å²) in [4.78, 5) is 15.4. The lowest BCUT2D eigenvalue weighted by atomic mass is 9.89. The van der Waals surface area contributed by atoms with Crippen molar-refractivity contribution in [3.63, 3.8) is 0 Å². The molecule has 206 valence electrons. The van der Waals surface area contributed by atoms with E-state index < -0.39 is 6.36 Å². The maximum Gasteiger partial charge on any atom is 0.573 e. The van der Waals surface area contributed by atoms with Gasteiger partial charge in [-0.1, -0.05) is 11.6 Å². The van der Waals surface area contributed by atoms with Crippen molar-refractivity contribution in [2.45, 2.75) is 69.4 Å². The number of anilines is 2. The third-order valence-electron chi connectivity index (χ3n) is 8.46. The molecule has 1 aromatic heterocycles. The minimum atomic E-state index is -4.70. The van der Waals surface area contributed by atoms with Crippen LogP contribution in [-0.4, -0.2) is 48.0 Å². The Morgan fingerprint density at radius 2 is 1.76 bits per heavy atom. The molecule has 1 aliphatic heterocycles. The lowest BCUT2D eigenvalue weighted by Crippen LogP contribution is -2.41. The number of aromatic nitrogens is 2. The van der Waals surface area contributed by atoms with Gasteiger partial charge in [-0.05, 0) is 81.0 Å². The smallest absolute Gasteiger partial charge is 0.406 e. The summed E-state index contributed by atoms with van der Waals surface area (Å²) in [5, 5.41) is 7.97. The maximum absolute atomic E-state index is 13.1. The van der Waals surface area contributed by atoms with Crippen LogP contribution < -0.4 is 20.5 Å². The van der Waals surface area contributed by atoms with Crippen molar-refractivity contribution in [1.82, 2.24) is 9.78 Å². The van der Waals surface area contributed by atoms with E-state index in [2.05, 4.69) is 20.1 Å². The topological polar surface area (TPSA) is 68.6 Å². The Morgan fingerprint density at radius 3 is 2.42 bits per heavy atom. The highest BCUT2D eigenvalue weighted by Crippen LogP contribution is 2.47. The molecular formula is C27H32ClF3N4O3. The second-order valence-electron chi connectivity index (χ2n) is 11.1. The Balaban J connectivity index is 1.08. The molecule has 0 unspecified atom stereocenters. The molecule has 1 saturated heterocycles. The quantitative estimate of drug-likeness (QED) is 0.457. The number of nitrogens with zero attached hydrogens (tertiary/aromatic N) is 3. The number of hydrogen-bond acceptors (Lipinski definition) is 6. The van der Waals surface area contributed by atoms with Crippen LogP contribution in [0.3, 0.4) is 0 Å². The SMILES string of the molecule is O=c1c(Cl)c(NC[C@H]2COC[C@@H]3C[C@@H]32)cnn1[C@H]1CC[C@H](N(c2ccc(OC(F)(F)F)cc2)C2CC2)CC1. The fraction of sp³-hybridized carbons (Fsp3) is 0.630. The van der Waals surface area contributed by atoms with E-state index in [9.17, 15) is 18.0 Å². The molecule has 7 nitrogen and oxygen atoms in total. The van der Waals surface area contributed by atoms with Gasteiger partial charge in [-0.2, -0.15) is 5.10 Å². The summed E-state index contributed by atoms with van der Waals surface area (Å²) in [6, 6.07) is 6.76. The number of nitrogens with one attached hydrogen (secondary N) is 1. The van der Waals surface area contributed by atoms with Crippen molar-refractivity contribution in [3.8, 4) is 5.75 Å². The molecule has 1 aromatic carbocycles. The second kappa shape index (κ2) is 10.3. The van der Waals surface area contributed by atoms with Crippen molar-refractivity contribution in [3.05, 3.63) is 45.8 Å².